The molecule has 0 heterocycles. The lowest BCUT2D eigenvalue weighted by Gasteiger charge is -1.98. The number of hydrogen-bond donors (Lipinski definition) is 3. The zero-order chi connectivity index (χ0) is 14.9. The van der Waals surface area contributed by atoms with Crippen LogP contribution in [0.25, 0.3) is 0 Å². The van der Waals surface area contributed by atoms with E-state index in [0.29, 0.717) is 6.42 Å². The summed E-state index contributed by atoms with van der Waals surface area (Å²) in [6.45, 7) is 2.15. The topological polar surface area (TPSA) is 107 Å². The van der Waals surface area contributed by atoms with Crippen LogP contribution in [-0.2, 0) is 4.79 Å². The average Bonchev–Trinajstić information content (AvgIpc) is 2.43. The third-order valence-electron chi connectivity index (χ3n) is 3.04. The van der Waals surface area contributed by atoms with Gasteiger partial charge < -0.3 is 17.4 Å². The van der Waals surface area contributed by atoms with Crippen molar-refractivity contribution in [1.29, 1.82) is 0 Å². The van der Waals surface area contributed by atoms with Crippen LogP contribution in [0.15, 0.2) is 36.5 Å². The van der Waals surface area contributed by atoms with E-state index in [1.807, 2.05) is 0 Å². The maximum atomic E-state index is 10.3. The quantitative estimate of drug-likeness (QED) is 0.287. The number of rotatable bonds is 13. The normalized spacial score (nSPS) is 11.0. The monoisotopic (exact) mass is 312 g/mol. The van der Waals surface area contributed by atoms with Crippen molar-refractivity contribution in [2.24, 2.45) is 0 Å². The molecule has 22 heavy (non-hydrogen) atoms. The molecular formula is C18H36N2O2. The highest BCUT2D eigenvalue weighted by atomic mass is 16.4. The molecule has 4 heteroatoms. The first-order valence-corrected chi connectivity index (χ1v) is 7.94. The van der Waals surface area contributed by atoms with Gasteiger partial charge in [-0.15, -0.1) is 0 Å². The number of hydrogen-bond acceptors (Lipinski definition) is 3. The third-order valence-corrected chi connectivity index (χ3v) is 3.04. The predicted molar refractivity (Wildman–Crippen MR) is 96.9 cm³/mol. The molecule has 4 nitrogen and oxygen atoms in total. The lowest BCUT2D eigenvalue weighted by Crippen LogP contribution is -1.93. The van der Waals surface area contributed by atoms with Crippen LogP contribution in [0.4, 0.5) is 0 Å². The average molecular weight is 312 g/mol. The van der Waals surface area contributed by atoms with Crippen molar-refractivity contribution in [2.75, 3.05) is 0 Å². The van der Waals surface area contributed by atoms with E-state index >= 15 is 0 Å². The van der Waals surface area contributed by atoms with Gasteiger partial charge in [-0.2, -0.15) is 0 Å². The SMILES string of the molecule is CC/C=C\C/C=C\C/C=C\CCCCCCCC(=O)O.N.N. The van der Waals surface area contributed by atoms with Gasteiger partial charge in [-0.25, -0.2) is 0 Å². The molecule has 0 aliphatic carbocycles. The molecule has 0 radical (unpaired) electrons. The fourth-order valence-electron chi connectivity index (χ4n) is 1.90. The van der Waals surface area contributed by atoms with Gasteiger partial charge in [0.2, 0.25) is 0 Å². The van der Waals surface area contributed by atoms with Crippen molar-refractivity contribution in [3.8, 4) is 0 Å². The van der Waals surface area contributed by atoms with Gasteiger partial charge in [0.15, 0.2) is 0 Å². The fraction of sp³-hybridized carbons (Fsp3) is 0.611. The molecule has 0 aliphatic rings. The zero-order valence-corrected chi connectivity index (χ0v) is 14.3. The van der Waals surface area contributed by atoms with Crippen molar-refractivity contribution in [2.45, 2.75) is 71.1 Å². The van der Waals surface area contributed by atoms with Gasteiger partial charge in [0.25, 0.3) is 0 Å². The summed E-state index contributed by atoms with van der Waals surface area (Å²) in [5, 5.41) is 8.50. The first-order chi connectivity index (χ1) is 9.77. The lowest BCUT2D eigenvalue weighted by molar-refractivity contribution is -0.137. The van der Waals surface area contributed by atoms with Gasteiger partial charge in [-0.05, 0) is 38.5 Å². The van der Waals surface area contributed by atoms with Crippen molar-refractivity contribution in [3.63, 3.8) is 0 Å². The van der Waals surface area contributed by atoms with Gasteiger partial charge in [-0.1, -0.05) is 62.6 Å². The number of aliphatic carboxylic acids is 1. The molecule has 0 aromatic rings. The van der Waals surface area contributed by atoms with Crippen LogP contribution in [-0.4, -0.2) is 11.1 Å². The molecule has 0 aromatic heterocycles. The van der Waals surface area contributed by atoms with Crippen molar-refractivity contribution < 1.29 is 9.90 Å². The summed E-state index contributed by atoms with van der Waals surface area (Å²) in [5.74, 6) is -0.675. The van der Waals surface area contributed by atoms with Gasteiger partial charge in [-0.3, -0.25) is 4.79 Å². The van der Waals surface area contributed by atoms with Crippen LogP contribution in [0.3, 0.4) is 0 Å². The minimum Gasteiger partial charge on any atom is -0.481 e. The number of carboxylic acids is 1. The number of carbonyl (C=O) groups is 1. The highest BCUT2D eigenvalue weighted by Crippen LogP contribution is 2.07. The Morgan fingerprint density at radius 2 is 1.27 bits per heavy atom. The molecule has 0 amide bonds. The van der Waals surface area contributed by atoms with E-state index in [0.717, 1.165) is 44.9 Å². The molecule has 0 saturated heterocycles. The van der Waals surface area contributed by atoms with E-state index in [-0.39, 0.29) is 12.3 Å². The van der Waals surface area contributed by atoms with Crippen LogP contribution in [0.5, 0.6) is 0 Å². The highest BCUT2D eigenvalue weighted by Gasteiger charge is 1.95. The largest absolute Gasteiger partial charge is 0.481 e. The highest BCUT2D eigenvalue weighted by molar-refractivity contribution is 5.66. The van der Waals surface area contributed by atoms with E-state index in [2.05, 4.69) is 43.4 Å². The minimum absolute atomic E-state index is 0. The van der Waals surface area contributed by atoms with Crippen molar-refractivity contribution in [3.05, 3.63) is 36.5 Å². The Hall–Kier alpha value is -1.39. The molecule has 0 spiro atoms. The smallest absolute Gasteiger partial charge is 0.303 e. The summed E-state index contributed by atoms with van der Waals surface area (Å²) in [6, 6.07) is 0. The Labute approximate surface area is 136 Å². The second kappa shape index (κ2) is 21.9. The molecular weight excluding hydrogens is 276 g/mol. The van der Waals surface area contributed by atoms with E-state index in [1.54, 1.807) is 0 Å². The van der Waals surface area contributed by atoms with Gasteiger partial charge >= 0.3 is 5.97 Å². The Kier molecular flexibility index (Phi) is 25.4. The second-order valence-electron chi connectivity index (χ2n) is 4.99. The molecule has 0 aliphatic heterocycles. The number of carboxylic acid groups (broad SMARTS) is 1. The Balaban J connectivity index is -0.00000180. The first-order valence-electron chi connectivity index (χ1n) is 7.94. The molecule has 0 unspecified atom stereocenters. The van der Waals surface area contributed by atoms with Crippen molar-refractivity contribution in [1.82, 2.24) is 12.3 Å². The van der Waals surface area contributed by atoms with Crippen LogP contribution in [0.2, 0.25) is 0 Å². The summed E-state index contributed by atoms with van der Waals surface area (Å²) in [6.07, 6.45) is 23.4. The summed E-state index contributed by atoms with van der Waals surface area (Å²) in [7, 11) is 0. The zero-order valence-electron chi connectivity index (χ0n) is 14.3. The van der Waals surface area contributed by atoms with Crippen LogP contribution in [0, 0.1) is 0 Å². The standard InChI is InChI=1S/C18H30O2.2H3N/c1-2-3-4-5-6-7-8-9-10-11-12-13-14-15-16-17-18(19)20;;/h3-4,6-7,9-10H,2,5,8,11-17H2,1H3,(H,19,20);2*1H3/b4-3-,7-6-,10-9-;;. The maximum Gasteiger partial charge on any atom is 0.303 e. The van der Waals surface area contributed by atoms with Gasteiger partial charge in [0.1, 0.15) is 0 Å². The van der Waals surface area contributed by atoms with Crippen molar-refractivity contribution >= 4 is 5.97 Å². The molecule has 0 saturated carbocycles. The molecule has 0 fully saturated rings. The van der Waals surface area contributed by atoms with E-state index in [1.165, 1.54) is 12.8 Å². The molecule has 0 atom stereocenters. The second-order valence-corrected chi connectivity index (χ2v) is 4.99. The Bertz CT molecular complexity index is 310. The Morgan fingerprint density at radius 3 is 1.86 bits per heavy atom. The van der Waals surface area contributed by atoms with Gasteiger partial charge in [0, 0.05) is 6.42 Å². The summed E-state index contributed by atoms with van der Waals surface area (Å²) < 4.78 is 0. The van der Waals surface area contributed by atoms with Crippen LogP contribution in [0.1, 0.15) is 71.1 Å². The van der Waals surface area contributed by atoms with Gasteiger partial charge in [0.05, 0.1) is 0 Å². The maximum absolute atomic E-state index is 10.3. The van der Waals surface area contributed by atoms with Crippen LogP contribution < -0.4 is 12.3 Å². The lowest BCUT2D eigenvalue weighted by atomic mass is 10.1. The molecule has 0 aromatic carbocycles. The number of allylic oxidation sites excluding steroid dienone is 6. The molecule has 0 bridgehead atoms. The molecule has 7 N–H and O–H groups in total. The third kappa shape index (κ3) is 23.7. The number of unbranched alkanes of at least 4 members (excludes halogenated alkanes) is 5. The summed E-state index contributed by atoms with van der Waals surface area (Å²) >= 11 is 0. The summed E-state index contributed by atoms with van der Waals surface area (Å²) in [4.78, 5) is 10.3. The van der Waals surface area contributed by atoms with E-state index < -0.39 is 5.97 Å². The fourth-order valence-corrected chi connectivity index (χ4v) is 1.90. The predicted octanol–water partition coefficient (Wildman–Crippen LogP) is 5.98. The first kappa shape index (κ1) is 25.6. The van der Waals surface area contributed by atoms with E-state index in [4.69, 9.17) is 5.11 Å². The summed E-state index contributed by atoms with van der Waals surface area (Å²) in [5.41, 5.74) is 0. The minimum atomic E-state index is -0.675. The molecule has 0 rings (SSSR count). The van der Waals surface area contributed by atoms with E-state index in [9.17, 15) is 4.79 Å². The van der Waals surface area contributed by atoms with Crippen LogP contribution >= 0.6 is 0 Å². The Morgan fingerprint density at radius 1 is 0.773 bits per heavy atom. The molecule has 130 valence electrons.